The number of nitrogen functional groups attached to an aromatic ring is 1. The Morgan fingerprint density at radius 2 is 2.05 bits per heavy atom. The van der Waals surface area contributed by atoms with Gasteiger partial charge in [0.25, 0.3) is 5.91 Å². The van der Waals surface area contributed by atoms with E-state index in [4.69, 9.17) is 5.73 Å². The molecule has 3 aromatic rings. The highest BCUT2D eigenvalue weighted by Crippen LogP contribution is 2.30. The van der Waals surface area contributed by atoms with Crippen LogP contribution >= 0.6 is 22.7 Å². The first-order valence-corrected chi connectivity index (χ1v) is 7.47. The Hall–Kier alpha value is -1.85. The molecule has 3 rings (SSSR count). The molecule has 96 valence electrons. The van der Waals surface area contributed by atoms with Gasteiger partial charge in [-0.25, -0.2) is 0 Å². The number of benzene rings is 1. The van der Waals surface area contributed by atoms with Crippen LogP contribution in [0.3, 0.4) is 0 Å². The largest absolute Gasteiger partial charge is 0.399 e. The highest BCUT2D eigenvalue weighted by atomic mass is 32.1. The maximum Gasteiger partial charge on any atom is 0.265 e. The maximum absolute atomic E-state index is 12.2. The second-order valence-corrected chi connectivity index (χ2v) is 6.32. The first kappa shape index (κ1) is 12.2. The highest BCUT2D eigenvalue weighted by Gasteiger charge is 2.12. The zero-order valence-corrected chi connectivity index (χ0v) is 11.9. The minimum Gasteiger partial charge on any atom is -0.399 e. The Morgan fingerprint density at radius 3 is 2.84 bits per heavy atom. The summed E-state index contributed by atoms with van der Waals surface area (Å²) in [6.45, 7) is 1.95. The van der Waals surface area contributed by atoms with Crippen molar-refractivity contribution in [3.8, 4) is 0 Å². The summed E-state index contributed by atoms with van der Waals surface area (Å²) < 4.78 is 2.30. The molecule has 0 atom stereocenters. The molecular weight excluding hydrogens is 276 g/mol. The van der Waals surface area contributed by atoms with Gasteiger partial charge in [0.2, 0.25) is 0 Å². The van der Waals surface area contributed by atoms with E-state index in [1.54, 1.807) is 17.4 Å². The average Bonchev–Trinajstić information content (AvgIpc) is 2.94. The van der Waals surface area contributed by atoms with E-state index >= 15 is 0 Å². The van der Waals surface area contributed by atoms with E-state index in [1.807, 2.05) is 36.6 Å². The number of fused-ring (bicyclic) bond motifs is 1. The van der Waals surface area contributed by atoms with Crippen LogP contribution in [0.15, 0.2) is 35.7 Å². The van der Waals surface area contributed by atoms with Crippen molar-refractivity contribution in [1.82, 2.24) is 0 Å². The quantitative estimate of drug-likeness (QED) is 0.697. The summed E-state index contributed by atoms with van der Waals surface area (Å²) in [7, 11) is 0. The predicted octanol–water partition coefficient (Wildman–Crippen LogP) is 4.11. The molecule has 0 unspecified atom stereocenters. The molecule has 2 heterocycles. The standard InChI is InChI=1S/C14H12N2OS2/c1-8-2-3-9(15)6-10(8)16-14(17)13-7-12-11(19-13)4-5-18-12/h2-7H,15H2,1H3,(H,16,17). The minimum atomic E-state index is -0.0814. The molecule has 3 nitrogen and oxygen atoms in total. The summed E-state index contributed by atoms with van der Waals surface area (Å²) >= 11 is 3.16. The number of hydrogen-bond acceptors (Lipinski definition) is 4. The number of amides is 1. The third-order valence-corrected chi connectivity index (χ3v) is 4.97. The Labute approximate surface area is 118 Å². The average molecular weight is 288 g/mol. The van der Waals surface area contributed by atoms with Gasteiger partial charge in [0.05, 0.1) is 4.88 Å². The Bertz CT molecular complexity index is 729. The van der Waals surface area contributed by atoms with Crippen molar-refractivity contribution in [3.05, 3.63) is 46.2 Å². The molecule has 5 heteroatoms. The van der Waals surface area contributed by atoms with Gasteiger partial charge in [-0.3, -0.25) is 4.79 Å². The van der Waals surface area contributed by atoms with E-state index in [1.165, 1.54) is 11.3 Å². The second-order valence-electron chi connectivity index (χ2n) is 4.29. The summed E-state index contributed by atoms with van der Waals surface area (Å²) in [4.78, 5) is 12.9. The van der Waals surface area contributed by atoms with Crippen molar-refractivity contribution >= 4 is 49.4 Å². The van der Waals surface area contributed by atoms with Crippen LogP contribution < -0.4 is 11.1 Å². The summed E-state index contributed by atoms with van der Waals surface area (Å²) in [6, 6.07) is 9.47. The van der Waals surface area contributed by atoms with E-state index in [-0.39, 0.29) is 5.91 Å². The van der Waals surface area contributed by atoms with Gasteiger partial charge in [0, 0.05) is 20.8 Å². The lowest BCUT2D eigenvalue weighted by Crippen LogP contribution is -2.11. The molecular formula is C14H12N2OS2. The van der Waals surface area contributed by atoms with E-state index in [9.17, 15) is 4.79 Å². The fourth-order valence-electron chi connectivity index (χ4n) is 1.84. The first-order chi connectivity index (χ1) is 9.13. The number of nitrogens with one attached hydrogen (secondary N) is 1. The number of carbonyl (C=O) groups is 1. The van der Waals surface area contributed by atoms with Crippen molar-refractivity contribution in [2.24, 2.45) is 0 Å². The van der Waals surface area contributed by atoms with Gasteiger partial charge >= 0.3 is 0 Å². The van der Waals surface area contributed by atoms with E-state index in [0.29, 0.717) is 5.69 Å². The molecule has 1 aromatic carbocycles. The van der Waals surface area contributed by atoms with E-state index in [0.717, 1.165) is 25.5 Å². The molecule has 2 aromatic heterocycles. The molecule has 0 aliphatic heterocycles. The third-order valence-electron chi connectivity index (χ3n) is 2.87. The van der Waals surface area contributed by atoms with Crippen LogP contribution in [0, 0.1) is 6.92 Å². The van der Waals surface area contributed by atoms with Crippen molar-refractivity contribution in [3.63, 3.8) is 0 Å². The fourth-order valence-corrected chi connectivity index (χ4v) is 3.84. The summed E-state index contributed by atoms with van der Waals surface area (Å²) in [6.07, 6.45) is 0. The molecule has 0 saturated carbocycles. The van der Waals surface area contributed by atoms with Crippen LogP contribution in [-0.4, -0.2) is 5.91 Å². The van der Waals surface area contributed by atoms with Gasteiger partial charge < -0.3 is 11.1 Å². The van der Waals surface area contributed by atoms with Gasteiger partial charge in [0.1, 0.15) is 0 Å². The van der Waals surface area contributed by atoms with E-state index < -0.39 is 0 Å². The number of anilines is 2. The molecule has 1 amide bonds. The molecule has 0 aliphatic rings. The SMILES string of the molecule is Cc1ccc(N)cc1NC(=O)c1cc2sccc2s1. The molecule has 0 radical (unpaired) electrons. The van der Waals surface area contributed by atoms with Crippen LogP contribution in [0.2, 0.25) is 0 Å². The Kier molecular flexibility index (Phi) is 3.00. The van der Waals surface area contributed by atoms with Crippen LogP contribution in [0.5, 0.6) is 0 Å². The maximum atomic E-state index is 12.2. The molecule has 0 saturated heterocycles. The zero-order valence-electron chi connectivity index (χ0n) is 10.3. The van der Waals surface area contributed by atoms with Crippen molar-refractivity contribution in [2.75, 3.05) is 11.1 Å². The summed E-state index contributed by atoms with van der Waals surface area (Å²) in [5.41, 5.74) is 8.15. The fraction of sp³-hybridized carbons (Fsp3) is 0.0714. The first-order valence-electron chi connectivity index (χ1n) is 5.78. The lowest BCUT2D eigenvalue weighted by Gasteiger charge is -2.08. The predicted molar refractivity (Wildman–Crippen MR) is 83.2 cm³/mol. The van der Waals surface area contributed by atoms with Crippen LogP contribution in [0.25, 0.3) is 9.40 Å². The molecule has 19 heavy (non-hydrogen) atoms. The van der Waals surface area contributed by atoms with Crippen molar-refractivity contribution < 1.29 is 4.79 Å². The summed E-state index contributed by atoms with van der Waals surface area (Å²) in [5, 5.41) is 4.95. The summed E-state index contributed by atoms with van der Waals surface area (Å²) in [5.74, 6) is -0.0814. The minimum absolute atomic E-state index is 0.0814. The normalized spacial score (nSPS) is 10.8. The molecule has 0 spiro atoms. The van der Waals surface area contributed by atoms with E-state index in [2.05, 4.69) is 5.32 Å². The number of nitrogens with two attached hydrogens (primary N) is 1. The third kappa shape index (κ3) is 2.34. The smallest absolute Gasteiger partial charge is 0.265 e. The van der Waals surface area contributed by atoms with Crippen molar-refractivity contribution in [1.29, 1.82) is 0 Å². The molecule has 0 fully saturated rings. The van der Waals surface area contributed by atoms with Crippen LogP contribution in [0.1, 0.15) is 15.2 Å². The van der Waals surface area contributed by atoms with Gasteiger partial charge in [-0.1, -0.05) is 6.07 Å². The van der Waals surface area contributed by atoms with Crippen molar-refractivity contribution in [2.45, 2.75) is 6.92 Å². The molecule has 0 bridgehead atoms. The second kappa shape index (κ2) is 4.68. The zero-order chi connectivity index (χ0) is 13.4. The lowest BCUT2D eigenvalue weighted by molar-refractivity contribution is 0.103. The number of hydrogen-bond donors (Lipinski definition) is 2. The van der Waals surface area contributed by atoms with Gasteiger partial charge in [-0.05, 0) is 42.1 Å². The lowest BCUT2D eigenvalue weighted by atomic mass is 10.2. The number of rotatable bonds is 2. The topological polar surface area (TPSA) is 55.1 Å². The number of thiophene rings is 2. The molecule has 3 N–H and O–H groups in total. The van der Waals surface area contributed by atoms with Gasteiger partial charge in [0.15, 0.2) is 0 Å². The monoisotopic (exact) mass is 288 g/mol. The number of carbonyl (C=O) groups excluding carboxylic acids is 1. The Morgan fingerprint density at radius 1 is 1.21 bits per heavy atom. The van der Waals surface area contributed by atoms with Gasteiger partial charge in [-0.2, -0.15) is 0 Å². The highest BCUT2D eigenvalue weighted by molar-refractivity contribution is 7.27. The Balaban J connectivity index is 1.88. The van der Waals surface area contributed by atoms with Crippen LogP contribution in [0.4, 0.5) is 11.4 Å². The van der Waals surface area contributed by atoms with Crippen LogP contribution in [-0.2, 0) is 0 Å². The van der Waals surface area contributed by atoms with Gasteiger partial charge in [-0.15, -0.1) is 22.7 Å². The molecule has 0 aliphatic carbocycles. The number of aryl methyl sites for hydroxylation is 1.